The Kier molecular flexibility index (Phi) is 3.09. The van der Waals surface area contributed by atoms with Crippen molar-refractivity contribution in [2.45, 2.75) is 26.7 Å². The third kappa shape index (κ3) is 2.16. The van der Waals surface area contributed by atoms with Crippen LogP contribution in [0.4, 0.5) is 0 Å². The minimum Gasteiger partial charge on any atom is -0.0622 e. The molecule has 0 aliphatic rings. The van der Waals surface area contributed by atoms with E-state index in [-0.39, 0.29) is 0 Å². The highest BCUT2D eigenvalue weighted by molar-refractivity contribution is 5.64. The van der Waals surface area contributed by atoms with Gasteiger partial charge in [-0.25, -0.2) is 0 Å². The molecule has 0 unspecified atom stereocenters. The summed E-state index contributed by atoms with van der Waals surface area (Å²) in [5, 5.41) is 0. The Morgan fingerprint density at radius 1 is 0.812 bits per heavy atom. The Hall–Kier alpha value is -1.56. The van der Waals surface area contributed by atoms with Gasteiger partial charge >= 0.3 is 0 Å². The first-order valence-corrected chi connectivity index (χ1v) is 5.84. The van der Waals surface area contributed by atoms with Gasteiger partial charge in [0, 0.05) is 0 Å². The molecule has 0 bridgehead atoms. The van der Waals surface area contributed by atoms with Crippen molar-refractivity contribution in [3.63, 3.8) is 0 Å². The van der Waals surface area contributed by atoms with Crippen molar-refractivity contribution in [3.8, 4) is 11.1 Å². The zero-order valence-electron chi connectivity index (χ0n) is 10.2. The fraction of sp³-hybridized carbons (Fsp3) is 0.250. The second-order valence-corrected chi connectivity index (χ2v) is 4.59. The van der Waals surface area contributed by atoms with E-state index in [0.717, 1.165) is 0 Å². The molecular weight excluding hydrogens is 192 g/mol. The maximum Gasteiger partial charge on any atom is -0.0181 e. The third-order valence-corrected chi connectivity index (χ3v) is 3.00. The van der Waals surface area contributed by atoms with E-state index in [9.17, 15) is 0 Å². The molecule has 0 fully saturated rings. The van der Waals surface area contributed by atoms with Gasteiger partial charge < -0.3 is 0 Å². The van der Waals surface area contributed by atoms with Gasteiger partial charge in [-0.15, -0.1) is 0 Å². The largest absolute Gasteiger partial charge is 0.0622 e. The summed E-state index contributed by atoms with van der Waals surface area (Å²) in [4.78, 5) is 0. The van der Waals surface area contributed by atoms with E-state index in [2.05, 4.69) is 69.3 Å². The van der Waals surface area contributed by atoms with Crippen LogP contribution in [0.15, 0.2) is 48.5 Å². The highest BCUT2D eigenvalue weighted by atomic mass is 14.1. The number of benzene rings is 2. The van der Waals surface area contributed by atoms with E-state index in [4.69, 9.17) is 0 Å². The maximum absolute atomic E-state index is 2.28. The molecule has 0 saturated heterocycles. The fourth-order valence-corrected chi connectivity index (χ4v) is 2.13. The van der Waals surface area contributed by atoms with Crippen LogP contribution in [0.5, 0.6) is 0 Å². The molecule has 0 heteroatoms. The summed E-state index contributed by atoms with van der Waals surface area (Å²) in [5.74, 6) is 0.602. The molecule has 82 valence electrons. The Labute approximate surface area is 97.9 Å². The average Bonchev–Trinajstić information content (AvgIpc) is 2.29. The average molecular weight is 210 g/mol. The second-order valence-electron chi connectivity index (χ2n) is 4.59. The molecule has 0 spiro atoms. The molecule has 0 nitrogen and oxygen atoms in total. The first kappa shape index (κ1) is 10.9. The quantitative estimate of drug-likeness (QED) is 0.668. The Morgan fingerprint density at radius 3 is 2.06 bits per heavy atom. The van der Waals surface area contributed by atoms with E-state index < -0.39 is 0 Å². The van der Waals surface area contributed by atoms with Crippen LogP contribution < -0.4 is 0 Å². The fourth-order valence-electron chi connectivity index (χ4n) is 2.13. The van der Waals surface area contributed by atoms with Crippen LogP contribution in [0.1, 0.15) is 30.9 Å². The zero-order chi connectivity index (χ0) is 11.5. The Morgan fingerprint density at radius 2 is 1.50 bits per heavy atom. The summed E-state index contributed by atoms with van der Waals surface area (Å²) >= 11 is 0. The van der Waals surface area contributed by atoms with E-state index in [1.165, 1.54) is 22.3 Å². The molecule has 0 aliphatic heterocycles. The summed E-state index contributed by atoms with van der Waals surface area (Å²) < 4.78 is 0. The van der Waals surface area contributed by atoms with Crippen molar-refractivity contribution in [1.29, 1.82) is 0 Å². The van der Waals surface area contributed by atoms with Gasteiger partial charge in [-0.05, 0) is 35.1 Å². The molecular formula is C16H18. The van der Waals surface area contributed by atoms with Gasteiger partial charge in [0.15, 0.2) is 0 Å². The highest BCUT2D eigenvalue weighted by Gasteiger charge is 2.04. The van der Waals surface area contributed by atoms with Crippen molar-refractivity contribution in [3.05, 3.63) is 59.7 Å². The second kappa shape index (κ2) is 4.52. The zero-order valence-corrected chi connectivity index (χ0v) is 10.2. The summed E-state index contributed by atoms with van der Waals surface area (Å²) in [6.45, 7) is 6.68. The molecule has 2 aromatic carbocycles. The van der Waals surface area contributed by atoms with E-state index in [0.29, 0.717) is 5.92 Å². The molecule has 0 amide bonds. The minimum atomic E-state index is 0.602. The molecule has 2 rings (SSSR count). The Balaban J connectivity index is 2.43. The lowest BCUT2D eigenvalue weighted by Crippen LogP contribution is -1.92. The first-order valence-electron chi connectivity index (χ1n) is 5.84. The van der Waals surface area contributed by atoms with Crippen LogP contribution in [0.3, 0.4) is 0 Å². The normalized spacial score (nSPS) is 10.8. The van der Waals surface area contributed by atoms with Gasteiger partial charge in [0.1, 0.15) is 0 Å². The van der Waals surface area contributed by atoms with E-state index in [1.54, 1.807) is 0 Å². The summed E-state index contributed by atoms with van der Waals surface area (Å²) in [6.07, 6.45) is 0. The first-order chi connectivity index (χ1) is 7.68. The van der Waals surface area contributed by atoms with Crippen molar-refractivity contribution >= 4 is 0 Å². The summed E-state index contributed by atoms with van der Waals surface area (Å²) in [6, 6.07) is 17.3. The molecule has 0 radical (unpaired) electrons. The lowest BCUT2D eigenvalue weighted by atomic mass is 9.94. The standard InChI is InChI=1S/C16H18/c1-12(2)16-10-9-15(11-13(16)3)14-7-5-4-6-8-14/h4-12H,1-3H3. The van der Waals surface area contributed by atoms with Crippen LogP contribution in [-0.2, 0) is 0 Å². The number of hydrogen-bond donors (Lipinski definition) is 0. The minimum absolute atomic E-state index is 0.602. The molecule has 0 aliphatic carbocycles. The molecule has 0 aromatic heterocycles. The molecule has 0 saturated carbocycles. The lowest BCUT2D eigenvalue weighted by molar-refractivity contribution is 0.857. The number of hydrogen-bond acceptors (Lipinski definition) is 0. The molecule has 0 atom stereocenters. The van der Waals surface area contributed by atoms with Crippen molar-refractivity contribution in [2.75, 3.05) is 0 Å². The van der Waals surface area contributed by atoms with Crippen molar-refractivity contribution in [1.82, 2.24) is 0 Å². The third-order valence-electron chi connectivity index (χ3n) is 3.00. The number of aryl methyl sites for hydroxylation is 1. The SMILES string of the molecule is Cc1cc(-c2ccccc2)ccc1C(C)C. The number of rotatable bonds is 2. The topological polar surface area (TPSA) is 0 Å². The van der Waals surface area contributed by atoms with Crippen LogP contribution in [0, 0.1) is 6.92 Å². The molecule has 0 heterocycles. The van der Waals surface area contributed by atoms with Crippen LogP contribution >= 0.6 is 0 Å². The monoisotopic (exact) mass is 210 g/mol. The van der Waals surface area contributed by atoms with E-state index in [1.807, 2.05) is 0 Å². The smallest absolute Gasteiger partial charge is 0.0181 e. The van der Waals surface area contributed by atoms with Gasteiger partial charge in [0.2, 0.25) is 0 Å². The summed E-state index contributed by atoms with van der Waals surface area (Å²) in [7, 11) is 0. The molecule has 0 N–H and O–H groups in total. The van der Waals surface area contributed by atoms with Crippen LogP contribution in [0.25, 0.3) is 11.1 Å². The van der Waals surface area contributed by atoms with Gasteiger partial charge in [0.05, 0.1) is 0 Å². The maximum atomic E-state index is 2.28. The van der Waals surface area contributed by atoms with E-state index >= 15 is 0 Å². The predicted octanol–water partition coefficient (Wildman–Crippen LogP) is 4.79. The summed E-state index contributed by atoms with van der Waals surface area (Å²) in [5.41, 5.74) is 5.43. The molecule has 2 aromatic rings. The lowest BCUT2D eigenvalue weighted by Gasteiger charge is -2.11. The van der Waals surface area contributed by atoms with Gasteiger partial charge in [0.25, 0.3) is 0 Å². The van der Waals surface area contributed by atoms with Crippen LogP contribution in [0.2, 0.25) is 0 Å². The molecule has 16 heavy (non-hydrogen) atoms. The van der Waals surface area contributed by atoms with Crippen LogP contribution in [-0.4, -0.2) is 0 Å². The van der Waals surface area contributed by atoms with Crippen molar-refractivity contribution < 1.29 is 0 Å². The van der Waals surface area contributed by atoms with Gasteiger partial charge in [-0.3, -0.25) is 0 Å². The van der Waals surface area contributed by atoms with Gasteiger partial charge in [-0.1, -0.05) is 62.4 Å². The predicted molar refractivity (Wildman–Crippen MR) is 70.7 cm³/mol. The van der Waals surface area contributed by atoms with Crippen molar-refractivity contribution in [2.24, 2.45) is 0 Å². The Bertz CT molecular complexity index is 467. The highest BCUT2D eigenvalue weighted by Crippen LogP contribution is 2.25. The van der Waals surface area contributed by atoms with Gasteiger partial charge in [-0.2, -0.15) is 0 Å².